The molecule has 0 spiro atoms. The minimum absolute atomic E-state index is 0.171. The van der Waals surface area contributed by atoms with Crippen LogP contribution < -0.4 is 16.0 Å². The number of carbonyl (C=O) groups excluding carboxylic acids is 2. The molecule has 0 radical (unpaired) electrons. The lowest BCUT2D eigenvalue weighted by Crippen LogP contribution is -2.33. The van der Waals surface area contributed by atoms with E-state index in [0.717, 1.165) is 28.9 Å². The van der Waals surface area contributed by atoms with E-state index in [2.05, 4.69) is 29.3 Å². The Bertz CT molecular complexity index is 1500. The maximum absolute atomic E-state index is 13.8. The Morgan fingerprint density at radius 1 is 0.829 bits per heavy atom. The average molecular weight is 550 g/mol. The van der Waals surface area contributed by atoms with Crippen LogP contribution in [0.15, 0.2) is 97.1 Å². The molecule has 3 atom stereocenters. The van der Waals surface area contributed by atoms with Crippen molar-refractivity contribution in [2.75, 3.05) is 18.0 Å². The van der Waals surface area contributed by atoms with Crippen molar-refractivity contribution in [2.45, 2.75) is 45.6 Å². The van der Waals surface area contributed by atoms with Crippen molar-refractivity contribution < 1.29 is 14.7 Å². The van der Waals surface area contributed by atoms with Crippen LogP contribution in [0.2, 0.25) is 0 Å². The van der Waals surface area contributed by atoms with Gasteiger partial charge in [0.05, 0.1) is 6.04 Å². The highest BCUT2D eigenvalue weighted by Crippen LogP contribution is 2.41. The summed E-state index contributed by atoms with van der Waals surface area (Å²) < 4.78 is 0. The number of aryl methyl sites for hydroxylation is 1. The van der Waals surface area contributed by atoms with Crippen molar-refractivity contribution in [3.63, 3.8) is 0 Å². The van der Waals surface area contributed by atoms with E-state index < -0.39 is 5.91 Å². The fourth-order valence-corrected chi connectivity index (χ4v) is 5.71. The Hall–Kier alpha value is -4.58. The van der Waals surface area contributed by atoms with Gasteiger partial charge in [-0.25, -0.2) is 0 Å². The lowest BCUT2D eigenvalue weighted by Gasteiger charge is -2.34. The van der Waals surface area contributed by atoms with Crippen LogP contribution >= 0.6 is 0 Å². The van der Waals surface area contributed by atoms with E-state index in [-0.39, 0.29) is 29.5 Å². The van der Waals surface area contributed by atoms with Gasteiger partial charge in [-0.1, -0.05) is 73.7 Å². The van der Waals surface area contributed by atoms with E-state index in [4.69, 9.17) is 5.73 Å². The Morgan fingerprint density at radius 2 is 1.44 bits per heavy atom. The number of phenols is 1. The molecule has 4 rings (SSSR count). The predicted molar refractivity (Wildman–Crippen MR) is 166 cm³/mol. The van der Waals surface area contributed by atoms with E-state index in [1.165, 1.54) is 0 Å². The minimum atomic E-state index is -0.597. The second-order valence-corrected chi connectivity index (χ2v) is 10.5. The van der Waals surface area contributed by atoms with Gasteiger partial charge in [0, 0.05) is 35.8 Å². The maximum Gasteiger partial charge on any atom is 0.252 e. The Balaban J connectivity index is 1.79. The quantitative estimate of drug-likeness (QED) is 0.194. The summed E-state index contributed by atoms with van der Waals surface area (Å²) in [6, 6.07) is 30.2. The Kier molecular flexibility index (Phi) is 9.45. The SMILES string of the molecule is CCN(C[C@@H](c1ccccc1O)[C@H](C)c1c(C(N)=O)cccc1C(=O)NC(C)c1ccccc1C)c1ccccc1. The molecule has 2 amide bonds. The van der Waals surface area contributed by atoms with Gasteiger partial charge in [-0.05, 0) is 79.3 Å². The number of carbonyl (C=O) groups is 2. The molecule has 6 heteroatoms. The zero-order valence-electron chi connectivity index (χ0n) is 24.2. The third kappa shape index (κ3) is 6.60. The van der Waals surface area contributed by atoms with Crippen LogP contribution in [0, 0.1) is 6.92 Å². The van der Waals surface area contributed by atoms with Gasteiger partial charge in [0.25, 0.3) is 5.91 Å². The summed E-state index contributed by atoms with van der Waals surface area (Å²) >= 11 is 0. The monoisotopic (exact) mass is 549 g/mol. The molecule has 4 N–H and O–H groups in total. The number of para-hydroxylation sites is 2. The first-order chi connectivity index (χ1) is 19.7. The summed E-state index contributed by atoms with van der Waals surface area (Å²) in [4.78, 5) is 28.8. The predicted octanol–water partition coefficient (Wildman–Crippen LogP) is 6.70. The summed E-state index contributed by atoms with van der Waals surface area (Å²) in [7, 11) is 0. The molecule has 0 bridgehead atoms. The van der Waals surface area contributed by atoms with Crippen LogP contribution in [0.4, 0.5) is 5.69 Å². The first-order valence-electron chi connectivity index (χ1n) is 14.1. The number of phenolic OH excluding ortho intramolecular Hbond substituents is 1. The molecule has 0 aromatic heterocycles. The van der Waals surface area contributed by atoms with E-state index in [1.54, 1.807) is 30.3 Å². The lowest BCUT2D eigenvalue weighted by molar-refractivity contribution is 0.0938. The highest BCUT2D eigenvalue weighted by molar-refractivity contribution is 6.02. The molecule has 4 aromatic rings. The van der Waals surface area contributed by atoms with E-state index >= 15 is 0 Å². The standard InChI is InChI=1S/C35H39N3O3/c1-5-38(26-15-7-6-8-16-26)22-31(28-18-11-12-21-32(28)39)24(3)33-29(34(36)40)19-13-20-30(33)35(41)37-25(4)27-17-10-9-14-23(27)2/h6-21,24-25,31,39H,5,22H2,1-4H3,(H2,36,40)(H,37,41)/t24-,25?,31+/m0/s1. The number of hydrogen-bond donors (Lipinski definition) is 3. The highest BCUT2D eigenvalue weighted by atomic mass is 16.3. The van der Waals surface area contributed by atoms with Crippen LogP contribution in [0.1, 0.15) is 81.6 Å². The smallest absolute Gasteiger partial charge is 0.252 e. The van der Waals surface area contributed by atoms with Crippen LogP contribution in [0.25, 0.3) is 0 Å². The summed E-state index contributed by atoms with van der Waals surface area (Å²) in [6.07, 6.45) is 0. The van der Waals surface area contributed by atoms with E-state index in [9.17, 15) is 14.7 Å². The lowest BCUT2D eigenvalue weighted by atomic mass is 9.77. The maximum atomic E-state index is 13.8. The summed E-state index contributed by atoms with van der Waals surface area (Å²) in [5.41, 5.74) is 11.1. The third-order valence-electron chi connectivity index (χ3n) is 7.93. The van der Waals surface area contributed by atoms with Gasteiger partial charge in [0.15, 0.2) is 0 Å². The third-order valence-corrected chi connectivity index (χ3v) is 7.93. The van der Waals surface area contributed by atoms with Gasteiger partial charge >= 0.3 is 0 Å². The number of anilines is 1. The van der Waals surface area contributed by atoms with E-state index in [1.807, 2.05) is 75.4 Å². The zero-order chi connectivity index (χ0) is 29.5. The first-order valence-corrected chi connectivity index (χ1v) is 14.1. The number of nitrogens with one attached hydrogen (secondary N) is 1. The number of nitrogens with zero attached hydrogens (tertiary/aromatic N) is 1. The van der Waals surface area contributed by atoms with E-state index in [0.29, 0.717) is 23.2 Å². The van der Waals surface area contributed by atoms with Gasteiger partial charge in [0.1, 0.15) is 5.75 Å². The van der Waals surface area contributed by atoms with Crippen molar-refractivity contribution in [1.29, 1.82) is 0 Å². The summed E-state index contributed by atoms with van der Waals surface area (Å²) in [6.45, 7) is 9.34. The van der Waals surface area contributed by atoms with Crippen molar-refractivity contribution in [3.8, 4) is 5.75 Å². The molecular weight excluding hydrogens is 510 g/mol. The van der Waals surface area contributed by atoms with Gasteiger partial charge < -0.3 is 21.1 Å². The molecular formula is C35H39N3O3. The Labute approximate surface area is 242 Å². The second kappa shape index (κ2) is 13.2. The summed E-state index contributed by atoms with van der Waals surface area (Å²) in [5.74, 6) is -1.32. The number of amides is 2. The normalized spacial score (nSPS) is 13.2. The number of aromatic hydroxyl groups is 1. The number of nitrogens with two attached hydrogens (primary N) is 1. The van der Waals surface area contributed by atoms with Crippen LogP contribution in [-0.4, -0.2) is 30.0 Å². The topological polar surface area (TPSA) is 95.7 Å². The molecule has 4 aromatic carbocycles. The molecule has 0 saturated heterocycles. The second-order valence-electron chi connectivity index (χ2n) is 10.5. The first kappa shape index (κ1) is 29.4. The van der Waals surface area contributed by atoms with Crippen molar-refractivity contribution in [1.82, 2.24) is 5.32 Å². The van der Waals surface area contributed by atoms with Gasteiger partial charge in [-0.3, -0.25) is 9.59 Å². The van der Waals surface area contributed by atoms with Crippen molar-refractivity contribution in [2.24, 2.45) is 5.73 Å². The molecule has 0 heterocycles. The van der Waals surface area contributed by atoms with Crippen molar-refractivity contribution >= 4 is 17.5 Å². The fraction of sp³-hybridized carbons (Fsp3) is 0.257. The molecule has 0 fully saturated rings. The Morgan fingerprint density at radius 3 is 2.07 bits per heavy atom. The van der Waals surface area contributed by atoms with Crippen LogP contribution in [0.5, 0.6) is 5.75 Å². The highest BCUT2D eigenvalue weighted by Gasteiger charge is 2.31. The number of hydrogen-bond acceptors (Lipinski definition) is 4. The molecule has 0 aliphatic carbocycles. The number of primary amides is 1. The van der Waals surface area contributed by atoms with Crippen molar-refractivity contribution in [3.05, 3.63) is 130 Å². The molecule has 0 aliphatic heterocycles. The largest absolute Gasteiger partial charge is 0.508 e. The average Bonchev–Trinajstić information content (AvgIpc) is 2.98. The minimum Gasteiger partial charge on any atom is -0.508 e. The molecule has 0 saturated carbocycles. The van der Waals surface area contributed by atoms with Gasteiger partial charge in [0.2, 0.25) is 5.91 Å². The summed E-state index contributed by atoms with van der Waals surface area (Å²) in [5, 5.41) is 14.1. The van der Waals surface area contributed by atoms with Gasteiger partial charge in [-0.2, -0.15) is 0 Å². The molecule has 1 unspecified atom stereocenters. The molecule has 41 heavy (non-hydrogen) atoms. The zero-order valence-corrected chi connectivity index (χ0v) is 24.2. The molecule has 6 nitrogen and oxygen atoms in total. The van der Waals surface area contributed by atoms with Gasteiger partial charge in [-0.15, -0.1) is 0 Å². The number of likely N-dealkylation sites (N-methyl/N-ethyl adjacent to an activating group) is 1. The molecule has 0 aliphatic rings. The number of benzene rings is 4. The van der Waals surface area contributed by atoms with Crippen LogP contribution in [0.3, 0.4) is 0 Å². The van der Waals surface area contributed by atoms with Crippen LogP contribution in [-0.2, 0) is 0 Å². The number of rotatable bonds is 11. The molecule has 212 valence electrons. The fourth-order valence-electron chi connectivity index (χ4n) is 5.71.